The van der Waals surface area contributed by atoms with E-state index in [1.54, 1.807) is 12.1 Å². The van der Waals surface area contributed by atoms with Crippen LogP contribution in [0, 0.1) is 0 Å². The molecule has 24 heavy (non-hydrogen) atoms. The van der Waals surface area contributed by atoms with Gasteiger partial charge in [0.1, 0.15) is 16.2 Å². The summed E-state index contributed by atoms with van der Waals surface area (Å²) in [6.45, 7) is 1.37. The van der Waals surface area contributed by atoms with E-state index in [9.17, 15) is 13.2 Å². The average molecular weight is 348 g/mol. The lowest BCUT2D eigenvalue weighted by Gasteiger charge is -2.17. The molecular formula is C15H16N4O4S. The Bertz CT molecular complexity index is 935. The van der Waals surface area contributed by atoms with Crippen LogP contribution in [-0.2, 0) is 29.5 Å². The highest BCUT2D eigenvalue weighted by Gasteiger charge is 2.43. The van der Waals surface area contributed by atoms with E-state index in [-0.39, 0.29) is 22.8 Å². The lowest BCUT2D eigenvalue weighted by molar-refractivity contribution is 0.0860. The number of carbonyl (C=O) groups is 1. The van der Waals surface area contributed by atoms with Crippen molar-refractivity contribution in [1.29, 1.82) is 0 Å². The molecule has 9 heteroatoms. The molecule has 3 heterocycles. The highest BCUT2D eigenvalue weighted by Crippen LogP contribution is 2.37. The maximum absolute atomic E-state index is 12.8. The Labute approximate surface area is 138 Å². The van der Waals surface area contributed by atoms with Crippen molar-refractivity contribution in [2.75, 3.05) is 13.7 Å². The first-order valence-corrected chi connectivity index (χ1v) is 8.98. The number of carbonyl (C=O) groups excluding carboxylic acids is 1. The molecule has 2 aromatic rings. The molecule has 0 saturated heterocycles. The fraction of sp³-hybridized carbons (Fsp3) is 0.333. The second-order valence-electron chi connectivity index (χ2n) is 5.70. The third-order valence-corrected chi connectivity index (χ3v) is 6.17. The molecular weight excluding hydrogens is 332 g/mol. The fourth-order valence-electron chi connectivity index (χ4n) is 3.17. The van der Waals surface area contributed by atoms with Crippen LogP contribution in [0.2, 0.25) is 0 Å². The van der Waals surface area contributed by atoms with Crippen molar-refractivity contribution >= 4 is 15.9 Å². The summed E-state index contributed by atoms with van der Waals surface area (Å²) in [5.74, 6) is -0.322. The van der Waals surface area contributed by atoms with Gasteiger partial charge in [0, 0.05) is 30.8 Å². The van der Waals surface area contributed by atoms with Crippen LogP contribution in [-0.4, -0.2) is 42.5 Å². The molecule has 0 aliphatic carbocycles. The number of methoxy groups -OCH3 is 1. The van der Waals surface area contributed by atoms with E-state index >= 15 is 0 Å². The quantitative estimate of drug-likeness (QED) is 0.832. The molecule has 2 aliphatic rings. The lowest BCUT2D eigenvalue weighted by atomic mass is 10.1. The summed E-state index contributed by atoms with van der Waals surface area (Å²) < 4.78 is 31.5. The number of rotatable bonds is 3. The van der Waals surface area contributed by atoms with E-state index in [4.69, 9.17) is 4.74 Å². The smallest absolute Gasteiger partial charge is 0.273 e. The topological polar surface area (TPSA) is 104 Å². The van der Waals surface area contributed by atoms with E-state index in [0.717, 1.165) is 28.5 Å². The van der Waals surface area contributed by atoms with Crippen LogP contribution >= 0.6 is 0 Å². The summed E-state index contributed by atoms with van der Waals surface area (Å²) in [4.78, 5) is 12.7. The molecule has 1 aromatic carbocycles. The zero-order chi connectivity index (χ0) is 16.9. The van der Waals surface area contributed by atoms with Gasteiger partial charge in [-0.3, -0.25) is 9.89 Å². The predicted molar refractivity (Wildman–Crippen MR) is 84.1 cm³/mol. The first kappa shape index (κ1) is 15.2. The number of H-pyrrole nitrogens is 1. The highest BCUT2D eigenvalue weighted by molar-refractivity contribution is 7.90. The largest absolute Gasteiger partial charge is 0.496 e. The molecule has 0 spiro atoms. The van der Waals surface area contributed by atoms with Crippen molar-refractivity contribution in [3.63, 3.8) is 0 Å². The Morgan fingerprint density at radius 3 is 3.00 bits per heavy atom. The maximum Gasteiger partial charge on any atom is 0.273 e. The number of ether oxygens (including phenoxy) is 1. The molecule has 0 atom stereocenters. The van der Waals surface area contributed by atoms with Crippen molar-refractivity contribution in [2.45, 2.75) is 24.4 Å². The van der Waals surface area contributed by atoms with Crippen molar-refractivity contribution < 1.29 is 17.9 Å². The second kappa shape index (κ2) is 5.32. The molecule has 0 unspecified atom stereocenters. The number of nitrogens with zero attached hydrogens (tertiary/aromatic N) is 2. The van der Waals surface area contributed by atoms with Crippen LogP contribution in [0.5, 0.6) is 5.75 Å². The number of aromatic nitrogens is 2. The van der Waals surface area contributed by atoms with Crippen LogP contribution in [0.15, 0.2) is 23.1 Å². The number of sulfonamides is 1. The summed E-state index contributed by atoms with van der Waals surface area (Å²) in [6, 6.07) is 4.56. The number of hydrogen-bond donors (Lipinski definition) is 2. The number of nitrogens with one attached hydrogen (secondary N) is 2. The van der Waals surface area contributed by atoms with Crippen molar-refractivity contribution in [3.8, 4) is 5.75 Å². The minimum absolute atomic E-state index is 0.0191. The minimum atomic E-state index is -3.90. The summed E-state index contributed by atoms with van der Waals surface area (Å²) in [5.41, 5.74) is 2.58. The molecule has 0 fully saturated rings. The highest BCUT2D eigenvalue weighted by atomic mass is 32.2. The Hall–Kier alpha value is -2.39. The molecule has 0 radical (unpaired) electrons. The monoisotopic (exact) mass is 348 g/mol. The summed E-state index contributed by atoms with van der Waals surface area (Å²) in [6.07, 6.45) is 0.803. The zero-order valence-corrected chi connectivity index (χ0v) is 13.8. The van der Waals surface area contributed by atoms with Crippen LogP contribution in [0.1, 0.15) is 27.3 Å². The Balaban J connectivity index is 1.75. The van der Waals surface area contributed by atoms with Gasteiger partial charge in [-0.25, -0.2) is 12.7 Å². The molecule has 0 saturated carbocycles. The Morgan fingerprint density at radius 1 is 1.38 bits per heavy atom. The van der Waals surface area contributed by atoms with Gasteiger partial charge in [0.05, 0.1) is 19.3 Å². The molecule has 2 aliphatic heterocycles. The van der Waals surface area contributed by atoms with Crippen molar-refractivity contribution in [3.05, 3.63) is 40.7 Å². The molecule has 8 nitrogen and oxygen atoms in total. The number of fused-ring (bicyclic) bond motifs is 2. The standard InChI is InChI=1S/C15H16N4O4S/c1-23-12-3-2-4-13-14(12)15(20)19(24(13,21)22)8-11-9-7-16-6-5-10(9)17-18-11/h2-4,16H,5-8H2,1H3,(H,17,18). The van der Waals surface area contributed by atoms with E-state index in [1.165, 1.54) is 13.2 Å². The number of benzene rings is 1. The summed E-state index contributed by atoms with van der Waals surface area (Å²) >= 11 is 0. The average Bonchev–Trinajstić information content (AvgIpc) is 3.08. The maximum atomic E-state index is 12.8. The van der Waals surface area contributed by atoms with Gasteiger partial charge >= 0.3 is 0 Å². The number of amides is 1. The van der Waals surface area contributed by atoms with Crippen molar-refractivity contribution in [1.82, 2.24) is 19.8 Å². The molecule has 4 rings (SSSR count). The zero-order valence-electron chi connectivity index (χ0n) is 13.0. The normalized spacial score (nSPS) is 18.4. The molecule has 1 amide bonds. The second-order valence-corrected chi connectivity index (χ2v) is 7.54. The number of hydrogen-bond acceptors (Lipinski definition) is 6. The van der Waals surface area contributed by atoms with E-state index < -0.39 is 15.9 Å². The van der Waals surface area contributed by atoms with Gasteiger partial charge in [-0.05, 0) is 12.1 Å². The Kier molecular flexibility index (Phi) is 3.36. The van der Waals surface area contributed by atoms with Gasteiger partial charge in [0.2, 0.25) is 0 Å². The third kappa shape index (κ3) is 2.05. The lowest BCUT2D eigenvalue weighted by Crippen LogP contribution is -2.31. The third-order valence-electron chi connectivity index (χ3n) is 4.40. The first-order valence-electron chi connectivity index (χ1n) is 7.54. The van der Waals surface area contributed by atoms with Gasteiger partial charge in [-0.15, -0.1) is 0 Å². The molecule has 126 valence electrons. The van der Waals surface area contributed by atoms with Crippen LogP contribution in [0.25, 0.3) is 0 Å². The van der Waals surface area contributed by atoms with Gasteiger partial charge in [-0.1, -0.05) is 6.07 Å². The van der Waals surface area contributed by atoms with Crippen LogP contribution in [0.4, 0.5) is 0 Å². The SMILES string of the molecule is COc1cccc2c1C(=O)N(Cc1n[nH]c3c1CNCC3)S2(=O)=O. The van der Waals surface area contributed by atoms with Gasteiger partial charge in [0.25, 0.3) is 15.9 Å². The molecule has 0 bridgehead atoms. The Morgan fingerprint density at radius 2 is 2.21 bits per heavy atom. The fourth-order valence-corrected chi connectivity index (χ4v) is 4.71. The van der Waals surface area contributed by atoms with Crippen LogP contribution < -0.4 is 10.1 Å². The number of aromatic amines is 1. The summed E-state index contributed by atoms with van der Waals surface area (Å²) in [7, 11) is -2.49. The minimum Gasteiger partial charge on any atom is -0.496 e. The van der Waals surface area contributed by atoms with E-state index in [0.29, 0.717) is 12.2 Å². The summed E-state index contributed by atoms with van der Waals surface area (Å²) in [5, 5.41) is 10.4. The molecule has 2 N–H and O–H groups in total. The van der Waals surface area contributed by atoms with E-state index in [1.807, 2.05) is 0 Å². The van der Waals surface area contributed by atoms with Gasteiger partial charge in [-0.2, -0.15) is 5.10 Å². The van der Waals surface area contributed by atoms with Gasteiger partial charge < -0.3 is 10.1 Å². The first-order chi connectivity index (χ1) is 11.5. The predicted octanol–water partition coefficient (Wildman–Crippen LogP) is 0.409. The molecule has 1 aromatic heterocycles. The van der Waals surface area contributed by atoms with E-state index in [2.05, 4.69) is 15.5 Å². The van der Waals surface area contributed by atoms with Crippen molar-refractivity contribution in [2.24, 2.45) is 0 Å². The van der Waals surface area contributed by atoms with Crippen LogP contribution in [0.3, 0.4) is 0 Å². The van der Waals surface area contributed by atoms with Gasteiger partial charge in [0.15, 0.2) is 0 Å².